The fourth-order valence-electron chi connectivity index (χ4n) is 3.01. The summed E-state index contributed by atoms with van der Waals surface area (Å²) in [6.45, 7) is 11.3. The van der Waals surface area contributed by atoms with Crippen molar-refractivity contribution in [3.05, 3.63) is 17.2 Å². The van der Waals surface area contributed by atoms with Gasteiger partial charge in [-0.1, -0.05) is 27.2 Å². The highest BCUT2D eigenvalue weighted by Gasteiger charge is 2.22. The maximum Gasteiger partial charge on any atom is 0.109 e. The summed E-state index contributed by atoms with van der Waals surface area (Å²) in [5.74, 6) is 2.07. The molecular formula is C15H27N3. The lowest BCUT2D eigenvalue weighted by Crippen LogP contribution is -2.26. The van der Waals surface area contributed by atoms with Gasteiger partial charge < -0.3 is 9.88 Å². The van der Waals surface area contributed by atoms with Gasteiger partial charge in [0.15, 0.2) is 0 Å². The molecule has 0 aromatic carbocycles. The van der Waals surface area contributed by atoms with E-state index in [1.807, 2.05) is 0 Å². The summed E-state index contributed by atoms with van der Waals surface area (Å²) < 4.78 is 2.53. The van der Waals surface area contributed by atoms with Crippen molar-refractivity contribution in [3.63, 3.8) is 0 Å². The molecule has 2 rings (SSSR count). The van der Waals surface area contributed by atoms with Gasteiger partial charge in [0.05, 0.1) is 5.69 Å². The van der Waals surface area contributed by atoms with Crippen LogP contribution >= 0.6 is 0 Å². The van der Waals surface area contributed by atoms with E-state index in [1.165, 1.54) is 30.1 Å². The Morgan fingerprint density at radius 3 is 2.78 bits per heavy atom. The minimum absolute atomic E-state index is 0.587. The molecule has 0 aliphatic carbocycles. The molecule has 2 atom stereocenters. The Morgan fingerprint density at radius 1 is 1.33 bits per heavy atom. The number of aryl methyl sites for hydroxylation is 1. The fraction of sp³-hybridized carbons (Fsp3) is 0.800. The topological polar surface area (TPSA) is 29.9 Å². The van der Waals surface area contributed by atoms with Crippen LogP contribution in [0.4, 0.5) is 0 Å². The zero-order valence-electron chi connectivity index (χ0n) is 12.3. The first-order valence-corrected chi connectivity index (χ1v) is 7.46. The van der Waals surface area contributed by atoms with Crippen LogP contribution in [-0.4, -0.2) is 16.1 Å². The van der Waals surface area contributed by atoms with Gasteiger partial charge in [-0.05, 0) is 19.3 Å². The molecule has 0 amide bonds. The van der Waals surface area contributed by atoms with Crippen molar-refractivity contribution in [2.24, 2.45) is 5.92 Å². The summed E-state index contributed by atoms with van der Waals surface area (Å²) in [7, 11) is 0. The Balaban J connectivity index is 2.27. The monoisotopic (exact) mass is 249 g/mol. The molecule has 0 bridgehead atoms. The molecule has 2 unspecified atom stereocenters. The van der Waals surface area contributed by atoms with Crippen molar-refractivity contribution in [3.8, 4) is 0 Å². The Bertz CT molecular complexity index is 395. The van der Waals surface area contributed by atoms with E-state index in [2.05, 4.69) is 37.6 Å². The standard InChI is InChI=1S/C15H27N3/c1-5-11(3)9-12(4)18-14-7-8-16-10-13(14)17-15(18)6-2/h11-12,16H,5-10H2,1-4H3. The molecule has 102 valence electrons. The molecule has 0 saturated carbocycles. The maximum atomic E-state index is 4.82. The van der Waals surface area contributed by atoms with Crippen molar-refractivity contribution in [1.82, 2.24) is 14.9 Å². The summed E-state index contributed by atoms with van der Waals surface area (Å²) in [4.78, 5) is 4.82. The third-order valence-corrected chi connectivity index (χ3v) is 4.19. The number of fused-ring (bicyclic) bond motifs is 1. The predicted octanol–water partition coefficient (Wildman–Crippen LogP) is 3.09. The SMILES string of the molecule is CCc1nc2c(n1C(C)CC(C)CC)CCNC2. The van der Waals surface area contributed by atoms with E-state index in [0.717, 1.165) is 31.8 Å². The second kappa shape index (κ2) is 5.87. The predicted molar refractivity (Wildman–Crippen MR) is 75.8 cm³/mol. The van der Waals surface area contributed by atoms with Gasteiger partial charge in [0, 0.05) is 37.7 Å². The van der Waals surface area contributed by atoms with Crippen LogP contribution in [0.1, 0.15) is 63.8 Å². The van der Waals surface area contributed by atoms with E-state index in [0.29, 0.717) is 6.04 Å². The fourth-order valence-corrected chi connectivity index (χ4v) is 3.01. The van der Waals surface area contributed by atoms with Crippen LogP contribution < -0.4 is 5.32 Å². The van der Waals surface area contributed by atoms with Crippen LogP contribution in [0.3, 0.4) is 0 Å². The number of rotatable bonds is 5. The third kappa shape index (κ3) is 2.61. The van der Waals surface area contributed by atoms with Crippen LogP contribution in [0.5, 0.6) is 0 Å². The molecule has 0 radical (unpaired) electrons. The quantitative estimate of drug-likeness (QED) is 0.869. The first kappa shape index (κ1) is 13.6. The smallest absolute Gasteiger partial charge is 0.109 e. The van der Waals surface area contributed by atoms with Crippen LogP contribution in [0.15, 0.2) is 0 Å². The van der Waals surface area contributed by atoms with Crippen LogP contribution in [0.25, 0.3) is 0 Å². The minimum Gasteiger partial charge on any atom is -0.329 e. The Morgan fingerprint density at radius 2 is 2.11 bits per heavy atom. The first-order valence-electron chi connectivity index (χ1n) is 7.46. The van der Waals surface area contributed by atoms with Gasteiger partial charge in [0.25, 0.3) is 0 Å². The molecule has 0 fully saturated rings. The Kier molecular flexibility index (Phi) is 4.44. The molecule has 1 aliphatic rings. The lowest BCUT2D eigenvalue weighted by atomic mass is 9.99. The van der Waals surface area contributed by atoms with Crippen molar-refractivity contribution < 1.29 is 0 Å². The largest absolute Gasteiger partial charge is 0.329 e. The minimum atomic E-state index is 0.587. The van der Waals surface area contributed by atoms with Gasteiger partial charge in [0.2, 0.25) is 0 Å². The third-order valence-electron chi connectivity index (χ3n) is 4.19. The van der Waals surface area contributed by atoms with Crippen molar-refractivity contribution in [2.75, 3.05) is 6.54 Å². The first-order chi connectivity index (χ1) is 8.67. The molecular weight excluding hydrogens is 222 g/mol. The summed E-state index contributed by atoms with van der Waals surface area (Å²) >= 11 is 0. The highest BCUT2D eigenvalue weighted by molar-refractivity contribution is 5.21. The number of hydrogen-bond donors (Lipinski definition) is 1. The van der Waals surface area contributed by atoms with Crippen LogP contribution in [0, 0.1) is 5.92 Å². The summed E-state index contributed by atoms with van der Waals surface area (Å²) in [5, 5.41) is 3.42. The van der Waals surface area contributed by atoms with Crippen LogP contribution in [0.2, 0.25) is 0 Å². The van der Waals surface area contributed by atoms with Gasteiger partial charge in [0.1, 0.15) is 5.82 Å². The normalized spacial score (nSPS) is 18.4. The second-order valence-electron chi connectivity index (χ2n) is 5.67. The maximum absolute atomic E-state index is 4.82. The molecule has 1 aromatic heterocycles. The number of nitrogens with one attached hydrogen (secondary N) is 1. The summed E-state index contributed by atoms with van der Waals surface area (Å²) in [6, 6.07) is 0.587. The molecule has 0 spiro atoms. The molecule has 0 saturated heterocycles. The van der Waals surface area contributed by atoms with Crippen molar-refractivity contribution in [1.29, 1.82) is 0 Å². The highest BCUT2D eigenvalue weighted by atomic mass is 15.1. The number of nitrogens with zero attached hydrogens (tertiary/aromatic N) is 2. The Labute approximate surface area is 111 Å². The number of imidazole rings is 1. The molecule has 2 heterocycles. The molecule has 3 heteroatoms. The van der Waals surface area contributed by atoms with Gasteiger partial charge >= 0.3 is 0 Å². The van der Waals surface area contributed by atoms with Crippen molar-refractivity contribution >= 4 is 0 Å². The zero-order chi connectivity index (χ0) is 13.1. The van der Waals surface area contributed by atoms with E-state index in [-0.39, 0.29) is 0 Å². The van der Waals surface area contributed by atoms with Crippen LogP contribution in [-0.2, 0) is 19.4 Å². The lowest BCUT2D eigenvalue weighted by Gasteiger charge is -2.23. The average molecular weight is 249 g/mol. The van der Waals surface area contributed by atoms with Gasteiger partial charge in [-0.15, -0.1) is 0 Å². The molecule has 18 heavy (non-hydrogen) atoms. The van der Waals surface area contributed by atoms with E-state index in [9.17, 15) is 0 Å². The molecule has 1 N–H and O–H groups in total. The van der Waals surface area contributed by atoms with Crippen molar-refractivity contribution in [2.45, 2.75) is 66.0 Å². The number of aromatic nitrogens is 2. The van der Waals surface area contributed by atoms with E-state index in [1.54, 1.807) is 0 Å². The molecule has 3 nitrogen and oxygen atoms in total. The van der Waals surface area contributed by atoms with E-state index >= 15 is 0 Å². The van der Waals surface area contributed by atoms with E-state index in [4.69, 9.17) is 4.98 Å². The molecule has 1 aliphatic heterocycles. The second-order valence-corrected chi connectivity index (χ2v) is 5.67. The average Bonchev–Trinajstić information content (AvgIpc) is 2.76. The summed E-state index contributed by atoms with van der Waals surface area (Å²) in [6.07, 6.45) is 4.70. The Hall–Kier alpha value is -0.830. The van der Waals surface area contributed by atoms with Gasteiger partial charge in [-0.3, -0.25) is 0 Å². The zero-order valence-corrected chi connectivity index (χ0v) is 12.3. The summed E-state index contributed by atoms with van der Waals surface area (Å²) in [5.41, 5.74) is 2.77. The van der Waals surface area contributed by atoms with Gasteiger partial charge in [-0.2, -0.15) is 0 Å². The lowest BCUT2D eigenvalue weighted by molar-refractivity contribution is 0.382. The van der Waals surface area contributed by atoms with E-state index < -0.39 is 0 Å². The number of hydrogen-bond acceptors (Lipinski definition) is 2. The molecule has 1 aromatic rings. The van der Waals surface area contributed by atoms with Gasteiger partial charge in [-0.25, -0.2) is 4.98 Å². The highest BCUT2D eigenvalue weighted by Crippen LogP contribution is 2.26.